The molecule has 0 aliphatic rings. The summed E-state index contributed by atoms with van der Waals surface area (Å²) in [6.07, 6.45) is -0.700. The van der Waals surface area contributed by atoms with Crippen LogP contribution < -0.4 is 10.1 Å². The third-order valence-corrected chi connectivity index (χ3v) is 2.14. The Morgan fingerprint density at radius 1 is 1.45 bits per heavy atom. The number of rotatable bonds is 3. The maximum atomic E-state index is 13.5. The van der Waals surface area contributed by atoms with Gasteiger partial charge in [0, 0.05) is 0 Å². The molecular weight excluding hydrogens is 263 g/mol. The lowest BCUT2D eigenvalue weighted by atomic mass is 10.1. The second-order valence-corrected chi connectivity index (χ2v) is 4.97. The highest BCUT2D eigenvalue weighted by atomic mass is 19.1. The van der Waals surface area contributed by atoms with E-state index in [0.717, 1.165) is 6.07 Å². The molecule has 108 valence electrons. The average molecular weight is 280 g/mol. The predicted octanol–water partition coefficient (Wildman–Crippen LogP) is 3.44. The van der Waals surface area contributed by atoms with E-state index < -0.39 is 17.5 Å². The quantitative estimate of drug-likeness (QED) is 0.920. The topological polar surface area (TPSA) is 71.3 Å². The Kier molecular flexibility index (Phi) is 4.92. The molecule has 0 aliphatic carbocycles. The fraction of sp³-hybridized carbons (Fsp3) is 0.429. The van der Waals surface area contributed by atoms with Gasteiger partial charge < -0.3 is 9.47 Å². The molecule has 1 N–H and O–H groups in total. The molecule has 0 spiro atoms. The lowest BCUT2D eigenvalue weighted by molar-refractivity contribution is 0.0635. The van der Waals surface area contributed by atoms with Crippen molar-refractivity contribution >= 4 is 11.8 Å². The lowest BCUT2D eigenvalue weighted by Gasteiger charge is -2.20. The van der Waals surface area contributed by atoms with Gasteiger partial charge in [-0.15, -0.1) is 0 Å². The second-order valence-electron chi connectivity index (χ2n) is 4.97. The van der Waals surface area contributed by atoms with Crippen LogP contribution in [-0.4, -0.2) is 18.3 Å². The Morgan fingerprint density at radius 3 is 2.60 bits per heavy atom. The highest BCUT2D eigenvalue weighted by Gasteiger charge is 2.20. The van der Waals surface area contributed by atoms with Gasteiger partial charge in [-0.1, -0.05) is 0 Å². The molecule has 5 nitrogen and oxygen atoms in total. The zero-order valence-electron chi connectivity index (χ0n) is 11.9. The molecule has 0 atom stereocenters. The number of amides is 1. The first-order chi connectivity index (χ1) is 9.28. The Morgan fingerprint density at radius 2 is 2.10 bits per heavy atom. The van der Waals surface area contributed by atoms with Gasteiger partial charge in [-0.2, -0.15) is 5.26 Å². The van der Waals surface area contributed by atoms with E-state index in [1.54, 1.807) is 33.8 Å². The minimum atomic E-state index is -0.703. The molecule has 0 fully saturated rings. The predicted molar refractivity (Wildman–Crippen MR) is 72.1 cm³/mol. The van der Waals surface area contributed by atoms with Gasteiger partial charge >= 0.3 is 6.09 Å². The van der Waals surface area contributed by atoms with Crippen LogP contribution in [0.15, 0.2) is 12.1 Å². The summed E-state index contributed by atoms with van der Waals surface area (Å²) in [4.78, 5) is 11.7. The van der Waals surface area contributed by atoms with Crippen LogP contribution in [0, 0.1) is 17.1 Å². The Hall–Kier alpha value is -2.29. The third kappa shape index (κ3) is 4.12. The van der Waals surface area contributed by atoms with Crippen molar-refractivity contribution in [1.29, 1.82) is 5.26 Å². The maximum Gasteiger partial charge on any atom is 0.412 e. The second kappa shape index (κ2) is 6.24. The minimum absolute atomic E-state index is 0.000796. The number of carbonyl (C=O) groups is 1. The van der Waals surface area contributed by atoms with Crippen LogP contribution in [0.1, 0.15) is 33.3 Å². The van der Waals surface area contributed by atoms with E-state index in [2.05, 4.69) is 5.32 Å². The van der Waals surface area contributed by atoms with Crippen LogP contribution in [-0.2, 0) is 4.74 Å². The molecule has 0 unspecified atom stereocenters. The summed E-state index contributed by atoms with van der Waals surface area (Å²) in [5.41, 5.74) is -0.715. The van der Waals surface area contributed by atoms with E-state index in [-0.39, 0.29) is 23.6 Å². The van der Waals surface area contributed by atoms with Gasteiger partial charge in [-0.3, -0.25) is 5.32 Å². The van der Waals surface area contributed by atoms with E-state index in [9.17, 15) is 9.18 Å². The SMILES string of the molecule is CCOc1c(NC(=O)OC(C)(C)C)ccc(F)c1C#N. The van der Waals surface area contributed by atoms with Crippen molar-refractivity contribution in [3.8, 4) is 11.8 Å². The first-order valence-corrected chi connectivity index (χ1v) is 6.14. The fourth-order valence-electron chi connectivity index (χ4n) is 1.47. The molecule has 1 aromatic rings. The zero-order chi connectivity index (χ0) is 15.3. The normalized spacial score (nSPS) is 10.6. The van der Waals surface area contributed by atoms with E-state index in [4.69, 9.17) is 14.7 Å². The number of ether oxygens (including phenoxy) is 2. The molecule has 6 heteroatoms. The molecule has 0 saturated carbocycles. The van der Waals surface area contributed by atoms with Crippen molar-refractivity contribution in [3.63, 3.8) is 0 Å². The van der Waals surface area contributed by atoms with Gasteiger partial charge in [0.2, 0.25) is 0 Å². The molecule has 0 bridgehead atoms. The zero-order valence-corrected chi connectivity index (χ0v) is 11.9. The van der Waals surface area contributed by atoms with Gasteiger partial charge in [0.05, 0.1) is 12.3 Å². The molecule has 0 radical (unpaired) electrons. The summed E-state index contributed by atoms with van der Waals surface area (Å²) in [5, 5.41) is 11.4. The summed E-state index contributed by atoms with van der Waals surface area (Å²) in [6, 6.07) is 4.13. The van der Waals surface area contributed by atoms with Crippen LogP contribution in [0.2, 0.25) is 0 Å². The van der Waals surface area contributed by atoms with E-state index >= 15 is 0 Å². The van der Waals surface area contributed by atoms with Crippen molar-refractivity contribution < 1.29 is 18.7 Å². The summed E-state index contributed by atoms with van der Waals surface area (Å²) in [5.74, 6) is -0.702. The van der Waals surface area contributed by atoms with Crippen molar-refractivity contribution in [2.75, 3.05) is 11.9 Å². The van der Waals surface area contributed by atoms with Crippen LogP contribution in [0.4, 0.5) is 14.9 Å². The number of hydrogen-bond donors (Lipinski definition) is 1. The van der Waals surface area contributed by atoms with Crippen LogP contribution in [0.3, 0.4) is 0 Å². The van der Waals surface area contributed by atoms with Gasteiger partial charge in [-0.25, -0.2) is 9.18 Å². The lowest BCUT2D eigenvalue weighted by Crippen LogP contribution is -2.27. The third-order valence-electron chi connectivity index (χ3n) is 2.14. The minimum Gasteiger partial charge on any atom is -0.490 e. The maximum absolute atomic E-state index is 13.5. The van der Waals surface area contributed by atoms with Gasteiger partial charge in [0.25, 0.3) is 0 Å². The number of halogens is 1. The van der Waals surface area contributed by atoms with E-state index in [0.29, 0.717) is 0 Å². The highest BCUT2D eigenvalue weighted by Crippen LogP contribution is 2.31. The van der Waals surface area contributed by atoms with Crippen LogP contribution >= 0.6 is 0 Å². The van der Waals surface area contributed by atoms with E-state index in [1.165, 1.54) is 6.07 Å². The van der Waals surface area contributed by atoms with Crippen molar-refractivity contribution in [2.45, 2.75) is 33.3 Å². The largest absolute Gasteiger partial charge is 0.490 e. The summed E-state index contributed by atoms with van der Waals surface area (Å²) in [6.45, 7) is 7.11. The number of carbonyl (C=O) groups excluding carboxylic acids is 1. The molecule has 0 aliphatic heterocycles. The van der Waals surface area contributed by atoms with Gasteiger partial charge in [-0.05, 0) is 39.8 Å². The van der Waals surface area contributed by atoms with Gasteiger partial charge in [0.1, 0.15) is 23.1 Å². The first kappa shape index (κ1) is 15.8. The first-order valence-electron chi connectivity index (χ1n) is 6.14. The number of nitrogens with zero attached hydrogens (tertiary/aromatic N) is 1. The average Bonchev–Trinajstić information content (AvgIpc) is 2.31. The number of nitriles is 1. The number of nitrogens with one attached hydrogen (secondary N) is 1. The Bertz CT molecular complexity index is 545. The molecule has 0 aromatic heterocycles. The smallest absolute Gasteiger partial charge is 0.412 e. The monoisotopic (exact) mass is 280 g/mol. The molecule has 20 heavy (non-hydrogen) atoms. The Balaban J connectivity index is 3.07. The molecule has 1 rings (SSSR count). The van der Waals surface area contributed by atoms with Crippen LogP contribution in [0.5, 0.6) is 5.75 Å². The Labute approximate surface area is 117 Å². The molecular formula is C14H17FN2O3. The molecule has 1 aromatic carbocycles. The summed E-state index contributed by atoms with van der Waals surface area (Å²) in [7, 11) is 0. The number of benzene rings is 1. The fourth-order valence-corrected chi connectivity index (χ4v) is 1.47. The molecule has 0 saturated heterocycles. The van der Waals surface area contributed by atoms with Crippen molar-refractivity contribution in [3.05, 3.63) is 23.5 Å². The van der Waals surface area contributed by atoms with Crippen LogP contribution in [0.25, 0.3) is 0 Å². The van der Waals surface area contributed by atoms with Crippen molar-refractivity contribution in [1.82, 2.24) is 0 Å². The number of hydrogen-bond acceptors (Lipinski definition) is 4. The molecule has 1 amide bonds. The standard InChI is InChI=1S/C14H17FN2O3/c1-5-19-12-9(8-16)10(15)6-7-11(12)17-13(18)20-14(2,3)4/h6-7H,5H2,1-4H3,(H,17,18). The van der Waals surface area contributed by atoms with Crippen molar-refractivity contribution in [2.24, 2.45) is 0 Å². The number of anilines is 1. The summed E-state index contributed by atoms with van der Waals surface area (Å²) < 4.78 is 23.9. The molecule has 0 heterocycles. The van der Waals surface area contributed by atoms with Gasteiger partial charge in [0.15, 0.2) is 5.75 Å². The highest BCUT2D eigenvalue weighted by molar-refractivity contribution is 5.87. The summed E-state index contributed by atoms with van der Waals surface area (Å²) >= 11 is 0. The van der Waals surface area contributed by atoms with E-state index in [1.807, 2.05) is 0 Å².